The molecule has 0 radical (unpaired) electrons. The standard InChI is InChI=1S/C20H28N4O4/c1-4-20(11-10-16(25)23-19(20)28)14-6-8-15(9-7-14)22-18(27)17(26)21-12-5-13-24(2)3/h6-9H,4-5,10-13H2,1-3H3,(H,21,26)(H,22,27)(H,23,25,28)/t20-/m1/s1. The Bertz CT molecular complexity index is 745. The molecular weight excluding hydrogens is 360 g/mol. The van der Waals surface area contributed by atoms with Crippen LogP contribution in [-0.2, 0) is 24.6 Å². The van der Waals surface area contributed by atoms with Crippen molar-refractivity contribution in [2.24, 2.45) is 0 Å². The summed E-state index contributed by atoms with van der Waals surface area (Å²) in [4.78, 5) is 49.7. The van der Waals surface area contributed by atoms with Crippen molar-refractivity contribution >= 4 is 29.3 Å². The van der Waals surface area contributed by atoms with E-state index in [1.807, 2.05) is 25.9 Å². The van der Waals surface area contributed by atoms with Gasteiger partial charge in [-0.05, 0) is 57.6 Å². The van der Waals surface area contributed by atoms with Crippen molar-refractivity contribution in [3.05, 3.63) is 29.8 Å². The van der Waals surface area contributed by atoms with E-state index in [-0.39, 0.29) is 11.8 Å². The molecule has 1 aliphatic heterocycles. The Morgan fingerprint density at radius 2 is 1.82 bits per heavy atom. The maximum atomic E-state index is 12.4. The zero-order valence-electron chi connectivity index (χ0n) is 16.6. The lowest BCUT2D eigenvalue weighted by Gasteiger charge is -2.35. The predicted molar refractivity (Wildman–Crippen MR) is 106 cm³/mol. The van der Waals surface area contributed by atoms with Crippen LogP contribution in [-0.4, -0.2) is 55.7 Å². The molecule has 0 spiro atoms. The Morgan fingerprint density at radius 1 is 1.14 bits per heavy atom. The van der Waals surface area contributed by atoms with Crippen molar-refractivity contribution < 1.29 is 19.2 Å². The van der Waals surface area contributed by atoms with Crippen molar-refractivity contribution in [2.45, 2.75) is 38.0 Å². The fraction of sp³-hybridized carbons (Fsp3) is 0.500. The number of piperidine rings is 1. The molecule has 2 rings (SSSR count). The van der Waals surface area contributed by atoms with Gasteiger partial charge >= 0.3 is 11.8 Å². The quantitative estimate of drug-likeness (QED) is 0.363. The highest BCUT2D eigenvalue weighted by Crippen LogP contribution is 2.36. The maximum absolute atomic E-state index is 12.4. The van der Waals surface area contributed by atoms with Gasteiger partial charge in [-0.25, -0.2) is 0 Å². The summed E-state index contributed by atoms with van der Waals surface area (Å²) in [5.74, 6) is -1.96. The number of nitrogens with zero attached hydrogens (tertiary/aromatic N) is 1. The molecule has 0 aliphatic carbocycles. The number of imide groups is 1. The number of anilines is 1. The highest BCUT2D eigenvalue weighted by Gasteiger charge is 2.42. The van der Waals surface area contributed by atoms with Crippen LogP contribution in [0.15, 0.2) is 24.3 Å². The van der Waals surface area contributed by atoms with Gasteiger partial charge in [-0.1, -0.05) is 19.1 Å². The van der Waals surface area contributed by atoms with Crippen LogP contribution in [0.25, 0.3) is 0 Å². The lowest BCUT2D eigenvalue weighted by Crippen LogP contribution is -2.51. The minimum Gasteiger partial charge on any atom is -0.348 e. The SMILES string of the molecule is CC[C@]1(c2ccc(NC(=O)C(=O)NCCCN(C)C)cc2)CCC(=O)NC1=O. The molecule has 4 amide bonds. The molecule has 1 aromatic carbocycles. The molecule has 152 valence electrons. The van der Waals surface area contributed by atoms with Gasteiger partial charge in [0.15, 0.2) is 0 Å². The van der Waals surface area contributed by atoms with Crippen molar-refractivity contribution in [1.82, 2.24) is 15.5 Å². The Morgan fingerprint density at radius 3 is 2.39 bits per heavy atom. The van der Waals surface area contributed by atoms with E-state index in [1.54, 1.807) is 24.3 Å². The van der Waals surface area contributed by atoms with Crippen LogP contribution in [0.2, 0.25) is 0 Å². The largest absolute Gasteiger partial charge is 0.348 e. The summed E-state index contributed by atoms with van der Waals surface area (Å²) in [5, 5.41) is 7.55. The van der Waals surface area contributed by atoms with E-state index < -0.39 is 17.2 Å². The van der Waals surface area contributed by atoms with Gasteiger partial charge in [-0.3, -0.25) is 24.5 Å². The first-order chi connectivity index (χ1) is 13.3. The van der Waals surface area contributed by atoms with E-state index in [1.165, 1.54) is 0 Å². The van der Waals surface area contributed by atoms with Crippen molar-refractivity contribution in [2.75, 3.05) is 32.5 Å². The average Bonchev–Trinajstić information content (AvgIpc) is 2.66. The van der Waals surface area contributed by atoms with Crippen LogP contribution in [0.4, 0.5) is 5.69 Å². The predicted octanol–water partition coefficient (Wildman–Crippen LogP) is 0.777. The number of carbonyl (C=O) groups excluding carboxylic acids is 4. The Balaban J connectivity index is 1.96. The molecule has 1 heterocycles. The summed E-state index contributed by atoms with van der Waals surface area (Å²) < 4.78 is 0. The summed E-state index contributed by atoms with van der Waals surface area (Å²) >= 11 is 0. The molecule has 0 bridgehead atoms. The first kappa shape index (κ1) is 21.6. The van der Waals surface area contributed by atoms with Crippen LogP contribution in [0.1, 0.15) is 38.2 Å². The van der Waals surface area contributed by atoms with Crippen LogP contribution in [0.5, 0.6) is 0 Å². The normalized spacial score (nSPS) is 19.3. The van der Waals surface area contributed by atoms with Gasteiger partial charge in [0.25, 0.3) is 0 Å². The molecule has 8 heteroatoms. The lowest BCUT2D eigenvalue weighted by atomic mass is 9.72. The number of benzene rings is 1. The second kappa shape index (κ2) is 9.45. The molecular formula is C20H28N4O4. The summed E-state index contributed by atoms with van der Waals surface area (Å²) in [7, 11) is 3.88. The molecule has 0 unspecified atom stereocenters. The maximum Gasteiger partial charge on any atom is 0.313 e. The zero-order chi connectivity index (χ0) is 20.7. The number of nitrogens with one attached hydrogen (secondary N) is 3. The number of hydrogen-bond acceptors (Lipinski definition) is 5. The minimum absolute atomic E-state index is 0.255. The molecule has 1 aromatic rings. The summed E-state index contributed by atoms with van der Waals surface area (Å²) in [5.41, 5.74) is 0.502. The van der Waals surface area contributed by atoms with E-state index in [2.05, 4.69) is 16.0 Å². The van der Waals surface area contributed by atoms with E-state index >= 15 is 0 Å². The Kier molecular flexibility index (Phi) is 7.28. The minimum atomic E-state index is -0.750. The van der Waals surface area contributed by atoms with Gasteiger partial charge < -0.3 is 15.5 Å². The van der Waals surface area contributed by atoms with Crippen LogP contribution >= 0.6 is 0 Å². The van der Waals surface area contributed by atoms with E-state index in [0.717, 1.165) is 18.5 Å². The topological polar surface area (TPSA) is 108 Å². The molecule has 1 aliphatic rings. The second-order valence-corrected chi connectivity index (χ2v) is 7.26. The van der Waals surface area contributed by atoms with Gasteiger partial charge in [0.1, 0.15) is 0 Å². The van der Waals surface area contributed by atoms with Crippen LogP contribution < -0.4 is 16.0 Å². The first-order valence-corrected chi connectivity index (χ1v) is 9.47. The van der Waals surface area contributed by atoms with Crippen molar-refractivity contribution in [3.63, 3.8) is 0 Å². The molecule has 8 nitrogen and oxygen atoms in total. The van der Waals surface area contributed by atoms with Gasteiger partial charge in [0.05, 0.1) is 5.41 Å². The Hall–Kier alpha value is -2.74. The molecule has 1 fully saturated rings. The molecule has 3 N–H and O–H groups in total. The molecule has 1 saturated heterocycles. The fourth-order valence-corrected chi connectivity index (χ4v) is 3.30. The van der Waals surface area contributed by atoms with E-state index in [4.69, 9.17) is 0 Å². The van der Waals surface area contributed by atoms with Crippen molar-refractivity contribution in [3.8, 4) is 0 Å². The van der Waals surface area contributed by atoms with Gasteiger partial charge in [-0.15, -0.1) is 0 Å². The van der Waals surface area contributed by atoms with Gasteiger partial charge in [-0.2, -0.15) is 0 Å². The van der Waals surface area contributed by atoms with E-state index in [0.29, 0.717) is 31.5 Å². The molecule has 1 atom stereocenters. The molecule has 0 saturated carbocycles. The third-order valence-corrected chi connectivity index (χ3v) is 5.04. The van der Waals surface area contributed by atoms with Crippen LogP contribution in [0, 0.1) is 0 Å². The highest BCUT2D eigenvalue weighted by atomic mass is 16.2. The first-order valence-electron chi connectivity index (χ1n) is 9.47. The highest BCUT2D eigenvalue weighted by molar-refractivity contribution is 6.39. The average molecular weight is 388 g/mol. The summed E-state index contributed by atoms with van der Waals surface area (Å²) in [6, 6.07) is 6.83. The van der Waals surface area contributed by atoms with E-state index in [9.17, 15) is 19.2 Å². The number of carbonyl (C=O) groups is 4. The number of rotatable bonds is 7. The smallest absolute Gasteiger partial charge is 0.313 e. The lowest BCUT2D eigenvalue weighted by molar-refractivity contribution is -0.138. The van der Waals surface area contributed by atoms with Gasteiger partial charge in [0.2, 0.25) is 11.8 Å². The second-order valence-electron chi connectivity index (χ2n) is 7.26. The molecule has 0 aromatic heterocycles. The van der Waals surface area contributed by atoms with Crippen molar-refractivity contribution in [1.29, 1.82) is 0 Å². The summed E-state index contributed by atoms with van der Waals surface area (Å²) in [6.45, 7) is 3.16. The fourth-order valence-electron chi connectivity index (χ4n) is 3.30. The zero-order valence-corrected chi connectivity index (χ0v) is 16.6. The third-order valence-electron chi connectivity index (χ3n) is 5.04. The number of hydrogen-bond donors (Lipinski definition) is 3. The summed E-state index contributed by atoms with van der Waals surface area (Å²) in [6.07, 6.45) is 2.07. The van der Waals surface area contributed by atoms with Crippen LogP contribution in [0.3, 0.4) is 0 Å². The van der Waals surface area contributed by atoms with Gasteiger partial charge in [0, 0.05) is 18.7 Å². The number of amides is 4. The monoisotopic (exact) mass is 388 g/mol. The third kappa shape index (κ3) is 5.16. The molecule has 28 heavy (non-hydrogen) atoms. The Labute approximate surface area is 165 Å².